The Bertz CT molecular complexity index is 244. The van der Waals surface area contributed by atoms with E-state index in [2.05, 4.69) is 25.2 Å². The van der Waals surface area contributed by atoms with Crippen molar-refractivity contribution in [3.8, 4) is 0 Å². The first-order chi connectivity index (χ1) is 7.26. The maximum Gasteiger partial charge on any atom is 0.112 e. The molecule has 0 amide bonds. The minimum atomic E-state index is -0.0772. The quantitative estimate of drug-likeness (QED) is 0.769. The highest BCUT2D eigenvalue weighted by molar-refractivity contribution is 5.14. The zero-order valence-corrected chi connectivity index (χ0v) is 9.71. The average molecular weight is 211 g/mol. The molecule has 0 aromatic carbocycles. The van der Waals surface area contributed by atoms with Crippen molar-refractivity contribution in [2.75, 3.05) is 19.8 Å². The lowest BCUT2D eigenvalue weighted by Crippen LogP contribution is -2.49. The van der Waals surface area contributed by atoms with Crippen LogP contribution in [0.3, 0.4) is 0 Å². The molecule has 15 heavy (non-hydrogen) atoms. The lowest BCUT2D eigenvalue weighted by molar-refractivity contribution is -0.0147. The molecule has 1 N–H and O–H groups in total. The van der Waals surface area contributed by atoms with Gasteiger partial charge < -0.3 is 14.8 Å². The predicted molar refractivity (Wildman–Crippen MR) is 59.7 cm³/mol. The van der Waals surface area contributed by atoms with Crippen molar-refractivity contribution in [1.82, 2.24) is 5.32 Å². The highest BCUT2D eigenvalue weighted by Gasteiger charge is 2.41. The van der Waals surface area contributed by atoms with Gasteiger partial charge in [-0.15, -0.1) is 0 Å². The van der Waals surface area contributed by atoms with Crippen molar-refractivity contribution in [2.45, 2.75) is 44.8 Å². The number of rotatable bonds is 4. The summed E-state index contributed by atoms with van der Waals surface area (Å²) in [6.07, 6.45) is 5.50. The summed E-state index contributed by atoms with van der Waals surface area (Å²) in [7, 11) is 0. The van der Waals surface area contributed by atoms with Gasteiger partial charge in [0.15, 0.2) is 0 Å². The second kappa shape index (κ2) is 4.54. The van der Waals surface area contributed by atoms with E-state index in [0.29, 0.717) is 0 Å². The van der Waals surface area contributed by atoms with Crippen LogP contribution in [0.1, 0.15) is 33.1 Å². The number of likely N-dealkylation sites (N-methyl/N-ethyl adjacent to an activating group) is 1. The third-order valence-electron chi connectivity index (χ3n) is 3.28. The first-order valence-electron chi connectivity index (χ1n) is 5.96. The number of nitrogens with one attached hydrogen (secondary N) is 1. The van der Waals surface area contributed by atoms with Gasteiger partial charge >= 0.3 is 0 Å². The van der Waals surface area contributed by atoms with Crippen LogP contribution in [-0.2, 0) is 9.47 Å². The van der Waals surface area contributed by atoms with E-state index in [1.165, 1.54) is 0 Å². The molecule has 0 bridgehead atoms. The molecule has 2 atom stereocenters. The third kappa shape index (κ3) is 2.18. The zero-order valence-electron chi connectivity index (χ0n) is 9.71. The Morgan fingerprint density at radius 2 is 2.40 bits per heavy atom. The van der Waals surface area contributed by atoms with E-state index >= 15 is 0 Å². The van der Waals surface area contributed by atoms with Gasteiger partial charge in [0.2, 0.25) is 0 Å². The maximum atomic E-state index is 5.88. The first kappa shape index (κ1) is 11.0. The van der Waals surface area contributed by atoms with E-state index in [9.17, 15) is 0 Å². The fourth-order valence-corrected chi connectivity index (χ4v) is 2.49. The van der Waals surface area contributed by atoms with Crippen LogP contribution < -0.4 is 5.32 Å². The Kier molecular flexibility index (Phi) is 3.32. The minimum Gasteiger partial charge on any atom is -0.496 e. The molecule has 1 fully saturated rings. The summed E-state index contributed by atoms with van der Waals surface area (Å²) in [6, 6.07) is 0.229. The van der Waals surface area contributed by atoms with Gasteiger partial charge in [-0.3, -0.25) is 0 Å². The molecule has 1 saturated heterocycles. The molecule has 3 heteroatoms. The summed E-state index contributed by atoms with van der Waals surface area (Å²) in [6.45, 7) is 6.97. The molecule has 0 saturated carbocycles. The molecule has 2 aliphatic rings. The Labute approximate surface area is 91.8 Å². The van der Waals surface area contributed by atoms with Crippen molar-refractivity contribution in [3.05, 3.63) is 11.8 Å². The lowest BCUT2D eigenvalue weighted by Gasteiger charge is -2.34. The van der Waals surface area contributed by atoms with Crippen LogP contribution >= 0.6 is 0 Å². The smallest absolute Gasteiger partial charge is 0.112 e. The monoisotopic (exact) mass is 211 g/mol. The second-order valence-electron chi connectivity index (χ2n) is 4.50. The van der Waals surface area contributed by atoms with Crippen LogP contribution in [0.4, 0.5) is 0 Å². The average Bonchev–Trinajstić information content (AvgIpc) is 2.85. The van der Waals surface area contributed by atoms with Gasteiger partial charge in [-0.1, -0.05) is 6.92 Å². The van der Waals surface area contributed by atoms with Gasteiger partial charge in [-0.2, -0.15) is 0 Å². The van der Waals surface area contributed by atoms with E-state index in [-0.39, 0.29) is 11.6 Å². The highest BCUT2D eigenvalue weighted by Crippen LogP contribution is 2.33. The Morgan fingerprint density at radius 1 is 1.53 bits per heavy atom. The van der Waals surface area contributed by atoms with Crippen molar-refractivity contribution < 1.29 is 9.47 Å². The molecule has 2 aliphatic heterocycles. The Hall–Kier alpha value is -0.540. The summed E-state index contributed by atoms with van der Waals surface area (Å²) in [5.74, 6) is 1.08. The number of hydrogen-bond donors (Lipinski definition) is 1. The Morgan fingerprint density at radius 3 is 2.93 bits per heavy atom. The standard InChI is InChI=1S/C12H21NO2/c1-3-13-11(10-6-4-8-14-10)12(2)7-5-9-15-12/h6,11,13H,3-5,7-9H2,1-2H3. The van der Waals surface area contributed by atoms with E-state index in [1.54, 1.807) is 0 Å². The predicted octanol–water partition coefficient (Wildman–Crippen LogP) is 1.84. The summed E-state index contributed by atoms with van der Waals surface area (Å²) in [5.41, 5.74) is -0.0772. The van der Waals surface area contributed by atoms with Crippen molar-refractivity contribution in [3.63, 3.8) is 0 Å². The van der Waals surface area contributed by atoms with Crippen LogP contribution in [0.5, 0.6) is 0 Å². The van der Waals surface area contributed by atoms with Gasteiger partial charge in [0.05, 0.1) is 18.2 Å². The fraction of sp³-hybridized carbons (Fsp3) is 0.833. The van der Waals surface area contributed by atoms with Crippen LogP contribution in [0, 0.1) is 0 Å². The van der Waals surface area contributed by atoms with Crippen LogP contribution in [0.2, 0.25) is 0 Å². The van der Waals surface area contributed by atoms with Gasteiger partial charge in [-0.05, 0) is 32.4 Å². The molecule has 86 valence electrons. The number of hydrogen-bond acceptors (Lipinski definition) is 3. The van der Waals surface area contributed by atoms with Crippen LogP contribution in [-0.4, -0.2) is 31.4 Å². The van der Waals surface area contributed by atoms with E-state index < -0.39 is 0 Å². The number of ether oxygens (including phenoxy) is 2. The van der Waals surface area contributed by atoms with Gasteiger partial charge in [0.25, 0.3) is 0 Å². The topological polar surface area (TPSA) is 30.5 Å². The van der Waals surface area contributed by atoms with Gasteiger partial charge in [0, 0.05) is 13.0 Å². The lowest BCUT2D eigenvalue weighted by atomic mass is 9.91. The molecule has 0 aliphatic carbocycles. The van der Waals surface area contributed by atoms with E-state index in [4.69, 9.17) is 9.47 Å². The maximum absolute atomic E-state index is 5.88. The molecule has 2 unspecified atom stereocenters. The third-order valence-corrected chi connectivity index (χ3v) is 3.28. The van der Waals surface area contributed by atoms with E-state index in [1.807, 2.05) is 0 Å². The SMILES string of the molecule is CCNC(C1=CCCO1)C1(C)CCCO1. The fourth-order valence-electron chi connectivity index (χ4n) is 2.49. The largest absolute Gasteiger partial charge is 0.496 e. The van der Waals surface area contributed by atoms with Crippen molar-refractivity contribution >= 4 is 0 Å². The summed E-state index contributed by atoms with van der Waals surface area (Å²) in [4.78, 5) is 0. The minimum absolute atomic E-state index is 0.0772. The highest BCUT2D eigenvalue weighted by atomic mass is 16.5. The first-order valence-corrected chi connectivity index (χ1v) is 5.96. The molecule has 0 radical (unpaired) electrons. The zero-order chi connectivity index (χ0) is 10.7. The summed E-state index contributed by atoms with van der Waals surface area (Å²) >= 11 is 0. The summed E-state index contributed by atoms with van der Waals surface area (Å²) in [5, 5.41) is 3.49. The molecule has 3 nitrogen and oxygen atoms in total. The van der Waals surface area contributed by atoms with Crippen LogP contribution in [0.25, 0.3) is 0 Å². The van der Waals surface area contributed by atoms with Gasteiger partial charge in [0.1, 0.15) is 5.76 Å². The molecule has 0 aromatic rings. The van der Waals surface area contributed by atoms with Crippen LogP contribution in [0.15, 0.2) is 11.8 Å². The Balaban J connectivity index is 2.10. The van der Waals surface area contributed by atoms with Gasteiger partial charge in [-0.25, -0.2) is 0 Å². The normalized spacial score (nSPS) is 32.5. The molecule has 0 aromatic heterocycles. The van der Waals surface area contributed by atoms with E-state index in [0.717, 1.165) is 44.8 Å². The van der Waals surface area contributed by atoms with Crippen molar-refractivity contribution in [1.29, 1.82) is 0 Å². The molecular weight excluding hydrogens is 190 g/mol. The second-order valence-corrected chi connectivity index (χ2v) is 4.50. The molecule has 0 spiro atoms. The summed E-state index contributed by atoms with van der Waals surface area (Å²) < 4.78 is 11.5. The molecule has 2 heterocycles. The van der Waals surface area contributed by atoms with Crippen molar-refractivity contribution in [2.24, 2.45) is 0 Å². The molecule has 2 rings (SSSR count). The molecular formula is C12H21NO2.